The molecule has 27 heavy (non-hydrogen) atoms. The molecular weight excluding hydrogens is 365 g/mol. The summed E-state index contributed by atoms with van der Waals surface area (Å²) in [6.07, 6.45) is 1.66. The largest absolute Gasteiger partial charge is 0.289 e. The minimum atomic E-state index is -3.61. The molecule has 0 bridgehead atoms. The predicted octanol–water partition coefficient (Wildman–Crippen LogP) is 4.04. The maximum Gasteiger partial charge on any atom is 0.241 e. The molecule has 0 aliphatic heterocycles. The first-order valence-electron chi connectivity index (χ1n) is 8.65. The minimum Gasteiger partial charge on any atom is -0.289 e. The molecule has 4 nitrogen and oxygen atoms in total. The molecule has 3 aromatic carbocycles. The third kappa shape index (κ3) is 3.50. The van der Waals surface area contributed by atoms with Gasteiger partial charge in [-0.25, -0.2) is 17.5 Å². The molecule has 1 fully saturated rings. The molecule has 4 rings (SSSR count). The van der Waals surface area contributed by atoms with E-state index in [1.54, 1.807) is 30.3 Å². The van der Waals surface area contributed by atoms with Crippen LogP contribution in [0.4, 0.5) is 4.39 Å². The molecule has 0 spiro atoms. The number of halogens is 1. The molecule has 0 unspecified atom stereocenters. The van der Waals surface area contributed by atoms with E-state index in [4.69, 9.17) is 0 Å². The van der Waals surface area contributed by atoms with Crippen LogP contribution in [-0.4, -0.2) is 19.7 Å². The second kappa shape index (κ2) is 6.25. The third-order valence-corrected chi connectivity index (χ3v) is 6.53. The number of carbonyl (C=O) groups excluding carboxylic acids is 1. The van der Waals surface area contributed by atoms with Crippen LogP contribution in [0, 0.1) is 5.82 Å². The molecule has 1 aliphatic carbocycles. The summed E-state index contributed by atoms with van der Waals surface area (Å²) in [6.45, 7) is 1.88. The van der Waals surface area contributed by atoms with Crippen molar-refractivity contribution in [2.75, 3.05) is 0 Å². The zero-order valence-electron chi connectivity index (χ0n) is 14.7. The van der Waals surface area contributed by atoms with E-state index >= 15 is 0 Å². The number of hydrogen-bond donors (Lipinski definition) is 1. The number of ketones is 1. The highest BCUT2D eigenvalue weighted by Crippen LogP contribution is 2.36. The molecule has 0 saturated heterocycles. The van der Waals surface area contributed by atoms with E-state index in [2.05, 4.69) is 4.72 Å². The summed E-state index contributed by atoms with van der Waals surface area (Å²) in [5.74, 6) is -0.643. The van der Waals surface area contributed by atoms with Crippen LogP contribution in [0.5, 0.6) is 0 Å². The highest BCUT2D eigenvalue weighted by molar-refractivity contribution is 7.89. The molecule has 0 radical (unpaired) electrons. The molecule has 138 valence electrons. The first kappa shape index (κ1) is 17.8. The van der Waals surface area contributed by atoms with Gasteiger partial charge in [0.25, 0.3) is 0 Å². The smallest absolute Gasteiger partial charge is 0.241 e. The van der Waals surface area contributed by atoms with Crippen LogP contribution in [-0.2, 0) is 10.0 Å². The van der Waals surface area contributed by atoms with Crippen molar-refractivity contribution >= 4 is 26.6 Å². The molecule has 0 amide bonds. The highest BCUT2D eigenvalue weighted by atomic mass is 32.2. The second-order valence-corrected chi connectivity index (χ2v) is 8.87. The van der Waals surface area contributed by atoms with E-state index in [9.17, 15) is 17.6 Å². The number of hydrogen-bond acceptors (Lipinski definition) is 3. The number of rotatable bonds is 5. The average molecular weight is 383 g/mol. The number of sulfonamides is 1. The minimum absolute atomic E-state index is 0.175. The molecule has 1 aliphatic rings. The Morgan fingerprint density at radius 3 is 2.41 bits per heavy atom. The van der Waals surface area contributed by atoms with Crippen molar-refractivity contribution in [3.63, 3.8) is 0 Å². The van der Waals surface area contributed by atoms with Crippen molar-refractivity contribution in [2.45, 2.75) is 30.2 Å². The number of benzene rings is 3. The van der Waals surface area contributed by atoms with E-state index in [1.807, 2.05) is 6.92 Å². The number of carbonyl (C=O) groups is 1. The SMILES string of the molecule is CC1(NS(=O)(=O)c2ccc3c(C(=O)c4ccc(F)cc4)cccc3c2)CC1. The summed E-state index contributed by atoms with van der Waals surface area (Å²) in [5, 5.41) is 1.31. The van der Waals surface area contributed by atoms with Gasteiger partial charge in [0.05, 0.1) is 4.90 Å². The lowest BCUT2D eigenvalue weighted by atomic mass is 9.97. The summed E-state index contributed by atoms with van der Waals surface area (Å²) in [5.41, 5.74) is 0.475. The van der Waals surface area contributed by atoms with Crippen molar-refractivity contribution in [2.24, 2.45) is 0 Å². The molecule has 6 heteroatoms. The van der Waals surface area contributed by atoms with E-state index in [0.717, 1.165) is 12.8 Å². The van der Waals surface area contributed by atoms with E-state index in [0.29, 0.717) is 21.9 Å². The van der Waals surface area contributed by atoms with Crippen molar-refractivity contribution in [1.29, 1.82) is 0 Å². The van der Waals surface area contributed by atoms with Gasteiger partial charge in [-0.2, -0.15) is 0 Å². The molecule has 0 heterocycles. The number of fused-ring (bicyclic) bond motifs is 1. The molecule has 1 saturated carbocycles. The quantitative estimate of drug-likeness (QED) is 0.677. The van der Waals surface area contributed by atoms with Crippen molar-refractivity contribution in [1.82, 2.24) is 4.72 Å². The van der Waals surface area contributed by atoms with Gasteiger partial charge >= 0.3 is 0 Å². The van der Waals surface area contributed by atoms with Gasteiger partial charge in [0.1, 0.15) is 5.82 Å². The Morgan fingerprint density at radius 1 is 1.04 bits per heavy atom. The van der Waals surface area contributed by atoms with Gasteiger partial charge < -0.3 is 0 Å². The van der Waals surface area contributed by atoms with Crippen LogP contribution in [0.15, 0.2) is 65.6 Å². The van der Waals surface area contributed by atoms with Gasteiger partial charge in [0.15, 0.2) is 5.78 Å². The van der Waals surface area contributed by atoms with E-state index in [-0.39, 0.29) is 16.2 Å². The Hall–Kier alpha value is -2.57. The summed E-state index contributed by atoms with van der Waals surface area (Å²) in [6, 6.07) is 15.3. The van der Waals surface area contributed by atoms with Gasteiger partial charge in [-0.3, -0.25) is 4.79 Å². The van der Waals surface area contributed by atoms with Gasteiger partial charge in [-0.15, -0.1) is 0 Å². The van der Waals surface area contributed by atoms with Crippen LogP contribution in [0.3, 0.4) is 0 Å². The van der Waals surface area contributed by atoms with Gasteiger partial charge in [0.2, 0.25) is 10.0 Å². The Balaban J connectivity index is 1.74. The summed E-state index contributed by atoms with van der Waals surface area (Å²) in [4.78, 5) is 13.0. The summed E-state index contributed by atoms with van der Waals surface area (Å²) in [7, 11) is -3.61. The lowest BCUT2D eigenvalue weighted by molar-refractivity contribution is 0.104. The normalized spacial score (nSPS) is 15.6. The zero-order chi connectivity index (χ0) is 19.2. The lowest BCUT2D eigenvalue weighted by Crippen LogP contribution is -2.34. The van der Waals surface area contributed by atoms with Crippen LogP contribution in [0.1, 0.15) is 35.7 Å². The van der Waals surface area contributed by atoms with Crippen molar-refractivity contribution in [3.8, 4) is 0 Å². The molecule has 3 aromatic rings. The fourth-order valence-electron chi connectivity index (χ4n) is 3.06. The first-order chi connectivity index (χ1) is 12.8. The molecule has 1 N–H and O–H groups in total. The molecule has 0 atom stereocenters. The monoisotopic (exact) mass is 383 g/mol. The summed E-state index contributed by atoms with van der Waals surface area (Å²) < 4.78 is 41.0. The van der Waals surface area contributed by atoms with E-state index < -0.39 is 15.8 Å². The average Bonchev–Trinajstić information content (AvgIpc) is 3.36. The fourth-order valence-corrected chi connectivity index (χ4v) is 4.56. The van der Waals surface area contributed by atoms with Crippen LogP contribution in [0.25, 0.3) is 10.8 Å². The topological polar surface area (TPSA) is 63.2 Å². The number of nitrogens with one attached hydrogen (secondary N) is 1. The van der Waals surface area contributed by atoms with Gasteiger partial charge in [-0.1, -0.05) is 24.3 Å². The fraction of sp³-hybridized carbons (Fsp3) is 0.190. The Labute approximate surface area is 157 Å². The van der Waals surface area contributed by atoms with Crippen LogP contribution in [0.2, 0.25) is 0 Å². The van der Waals surface area contributed by atoms with Crippen molar-refractivity contribution in [3.05, 3.63) is 77.6 Å². The first-order valence-corrected chi connectivity index (χ1v) is 10.1. The molecule has 0 aromatic heterocycles. The standard InChI is InChI=1S/C21H18FNO3S/c1-21(11-12-21)23-27(25,26)17-9-10-18-15(13-17)3-2-4-19(18)20(24)14-5-7-16(22)8-6-14/h2-10,13,23H,11-12H2,1H3. The Bertz CT molecular complexity index is 1150. The van der Waals surface area contributed by atoms with Gasteiger partial charge in [0, 0.05) is 16.7 Å². The maximum atomic E-state index is 13.1. The predicted molar refractivity (Wildman–Crippen MR) is 102 cm³/mol. The third-order valence-electron chi connectivity index (χ3n) is 4.89. The zero-order valence-corrected chi connectivity index (χ0v) is 15.5. The summed E-state index contributed by atoms with van der Waals surface area (Å²) >= 11 is 0. The highest BCUT2D eigenvalue weighted by Gasteiger charge is 2.41. The molecular formula is C21H18FNO3S. The Morgan fingerprint density at radius 2 is 1.74 bits per heavy atom. The van der Waals surface area contributed by atoms with Crippen LogP contribution < -0.4 is 4.72 Å². The maximum absolute atomic E-state index is 13.1. The van der Waals surface area contributed by atoms with Crippen LogP contribution >= 0.6 is 0 Å². The van der Waals surface area contributed by atoms with Crippen molar-refractivity contribution < 1.29 is 17.6 Å². The Kier molecular flexibility index (Phi) is 4.13. The lowest BCUT2D eigenvalue weighted by Gasteiger charge is -2.13. The van der Waals surface area contributed by atoms with Gasteiger partial charge in [-0.05, 0) is 66.9 Å². The second-order valence-electron chi connectivity index (χ2n) is 7.19. The van der Waals surface area contributed by atoms with E-state index in [1.165, 1.54) is 30.3 Å².